The second kappa shape index (κ2) is 42.3. The Kier molecular flexibility index (Phi) is 39.0. The first kappa shape index (κ1) is 51.7. The van der Waals surface area contributed by atoms with Crippen LogP contribution in [0.15, 0.2) is 48.6 Å². The fourth-order valence-electron chi connectivity index (χ4n) is 7.35. The van der Waals surface area contributed by atoms with Crippen molar-refractivity contribution in [1.82, 2.24) is 0 Å². The lowest BCUT2D eigenvalue weighted by atomic mass is 10.1. The van der Waals surface area contributed by atoms with E-state index in [0.29, 0.717) is 24.3 Å². The molecule has 0 N–H and O–H groups in total. The molecule has 1 aromatic carbocycles. The van der Waals surface area contributed by atoms with Crippen LogP contribution in [0.3, 0.4) is 0 Å². The molecule has 1 rings (SSSR count). The van der Waals surface area contributed by atoms with Crippen molar-refractivity contribution in [2.45, 2.75) is 245 Å². The molecule has 0 saturated heterocycles. The van der Waals surface area contributed by atoms with E-state index in [4.69, 9.17) is 9.47 Å². The minimum atomic E-state index is -0.319. The van der Waals surface area contributed by atoms with E-state index in [2.05, 4.69) is 38.2 Å². The topological polar surface area (TPSA) is 52.6 Å². The molecule has 0 radical (unpaired) electrons. The third-order valence-corrected chi connectivity index (χ3v) is 11.1. The number of carbonyl (C=O) groups is 2. The number of hydrogen-bond acceptors (Lipinski definition) is 4. The van der Waals surface area contributed by atoms with E-state index in [1.165, 1.54) is 205 Å². The zero-order valence-corrected chi connectivity index (χ0v) is 37.1. The predicted molar refractivity (Wildman–Crippen MR) is 243 cm³/mol. The number of esters is 2. The van der Waals surface area contributed by atoms with Gasteiger partial charge in [0, 0.05) is 0 Å². The van der Waals surface area contributed by atoms with Crippen LogP contribution in [0.1, 0.15) is 266 Å². The van der Waals surface area contributed by atoms with Crippen LogP contribution >= 0.6 is 0 Å². The van der Waals surface area contributed by atoms with Crippen LogP contribution < -0.4 is 0 Å². The van der Waals surface area contributed by atoms with Crippen LogP contribution in [0.25, 0.3) is 0 Å². The number of benzene rings is 1. The molecule has 0 aliphatic rings. The normalized spacial score (nSPS) is 11.6. The highest BCUT2D eigenvalue weighted by atomic mass is 16.5. The molecule has 0 fully saturated rings. The van der Waals surface area contributed by atoms with Crippen molar-refractivity contribution >= 4 is 11.9 Å². The number of carbonyl (C=O) groups excluding carboxylic acids is 2. The standard InChI is InChI=1S/C52H90O4/c1-3-5-7-9-11-13-15-17-19-21-23-25-27-29-31-33-35-37-39-41-47-55-51(53)49-43-45-50(46-44-49)52(54)56-48-42-40-38-36-34-32-30-28-26-24-22-20-18-16-14-12-10-8-6-4-2/h17-20,43-46H,3-16,21-42,47-48H2,1-2H3. The lowest BCUT2D eigenvalue weighted by Crippen LogP contribution is -2.09. The SMILES string of the molecule is CCCCCCCCC=CCCCCCCCCCCCCOC(=O)c1ccc(C(=O)OCCCCCCCCCCCCC=CCCCCCCCC)cc1. The largest absolute Gasteiger partial charge is 0.462 e. The summed E-state index contributed by atoms with van der Waals surface area (Å²) in [5, 5.41) is 0. The molecular weight excluding hydrogens is 689 g/mol. The third kappa shape index (κ3) is 34.9. The number of allylic oxidation sites excluding steroid dienone is 4. The number of rotatable bonds is 42. The Morgan fingerprint density at radius 1 is 0.339 bits per heavy atom. The molecule has 56 heavy (non-hydrogen) atoms. The summed E-state index contributed by atoms with van der Waals surface area (Å²) in [6.07, 6.45) is 56.3. The second-order valence-electron chi connectivity index (χ2n) is 16.6. The molecule has 322 valence electrons. The van der Waals surface area contributed by atoms with Crippen LogP contribution in [-0.4, -0.2) is 25.2 Å². The monoisotopic (exact) mass is 779 g/mol. The molecule has 4 heteroatoms. The molecule has 0 heterocycles. The molecule has 0 atom stereocenters. The van der Waals surface area contributed by atoms with Gasteiger partial charge in [0.2, 0.25) is 0 Å². The summed E-state index contributed by atoms with van der Waals surface area (Å²) >= 11 is 0. The van der Waals surface area contributed by atoms with Crippen molar-refractivity contribution in [1.29, 1.82) is 0 Å². The molecule has 0 aliphatic heterocycles. The Labute approximate surface area is 347 Å². The summed E-state index contributed by atoms with van der Waals surface area (Å²) in [7, 11) is 0. The summed E-state index contributed by atoms with van der Waals surface area (Å²) in [5.74, 6) is -0.639. The van der Waals surface area contributed by atoms with E-state index in [1.54, 1.807) is 24.3 Å². The lowest BCUT2D eigenvalue weighted by molar-refractivity contribution is 0.0483. The quantitative estimate of drug-likeness (QED) is 0.0377. The number of unbranched alkanes of at least 4 members (excludes halogenated alkanes) is 32. The van der Waals surface area contributed by atoms with E-state index in [-0.39, 0.29) is 11.9 Å². The lowest BCUT2D eigenvalue weighted by Gasteiger charge is -2.07. The van der Waals surface area contributed by atoms with Crippen molar-refractivity contribution in [2.24, 2.45) is 0 Å². The Bertz CT molecular complexity index is 958. The van der Waals surface area contributed by atoms with Gasteiger partial charge in [-0.2, -0.15) is 0 Å². The van der Waals surface area contributed by atoms with Gasteiger partial charge in [0.15, 0.2) is 0 Å². The van der Waals surface area contributed by atoms with Gasteiger partial charge in [-0.3, -0.25) is 0 Å². The van der Waals surface area contributed by atoms with Crippen LogP contribution in [0, 0.1) is 0 Å². The van der Waals surface area contributed by atoms with Gasteiger partial charge in [0.1, 0.15) is 0 Å². The highest BCUT2D eigenvalue weighted by molar-refractivity contribution is 5.93. The number of hydrogen-bond donors (Lipinski definition) is 0. The predicted octanol–water partition coefficient (Wildman–Crippen LogP) is 17.2. The summed E-state index contributed by atoms with van der Waals surface area (Å²) < 4.78 is 11.0. The highest BCUT2D eigenvalue weighted by Crippen LogP contribution is 2.15. The molecule has 4 nitrogen and oxygen atoms in total. The minimum absolute atomic E-state index is 0.319. The fourth-order valence-corrected chi connectivity index (χ4v) is 7.35. The Morgan fingerprint density at radius 2 is 0.554 bits per heavy atom. The van der Waals surface area contributed by atoms with Crippen LogP contribution in [-0.2, 0) is 9.47 Å². The van der Waals surface area contributed by atoms with E-state index in [0.717, 1.165) is 25.7 Å². The zero-order valence-electron chi connectivity index (χ0n) is 37.1. The van der Waals surface area contributed by atoms with Crippen LogP contribution in [0.5, 0.6) is 0 Å². The van der Waals surface area contributed by atoms with Gasteiger partial charge in [0.25, 0.3) is 0 Å². The van der Waals surface area contributed by atoms with Gasteiger partial charge in [-0.25, -0.2) is 9.59 Å². The average Bonchev–Trinajstić information content (AvgIpc) is 3.21. The van der Waals surface area contributed by atoms with Crippen molar-refractivity contribution < 1.29 is 19.1 Å². The molecule has 0 spiro atoms. The number of ether oxygens (including phenoxy) is 2. The van der Waals surface area contributed by atoms with E-state index in [1.807, 2.05) is 0 Å². The summed E-state index contributed by atoms with van der Waals surface area (Å²) in [4.78, 5) is 24.9. The first-order chi connectivity index (χ1) is 27.7. The second-order valence-corrected chi connectivity index (χ2v) is 16.6. The summed E-state index contributed by atoms with van der Waals surface area (Å²) in [6.45, 7) is 5.46. The molecule has 1 aromatic rings. The summed E-state index contributed by atoms with van der Waals surface area (Å²) in [6, 6.07) is 6.67. The maximum absolute atomic E-state index is 12.5. The molecule has 0 saturated carbocycles. The van der Waals surface area contributed by atoms with Crippen molar-refractivity contribution in [3.8, 4) is 0 Å². The van der Waals surface area contributed by atoms with E-state index >= 15 is 0 Å². The van der Waals surface area contributed by atoms with E-state index in [9.17, 15) is 9.59 Å². The molecular formula is C52H90O4. The van der Waals surface area contributed by atoms with Crippen LogP contribution in [0.2, 0.25) is 0 Å². The molecule has 0 bridgehead atoms. The van der Waals surface area contributed by atoms with Crippen molar-refractivity contribution in [2.75, 3.05) is 13.2 Å². The minimum Gasteiger partial charge on any atom is -0.462 e. The first-order valence-corrected chi connectivity index (χ1v) is 24.4. The molecule has 0 amide bonds. The fraction of sp³-hybridized carbons (Fsp3) is 0.769. The molecule has 0 aliphatic carbocycles. The smallest absolute Gasteiger partial charge is 0.338 e. The molecule has 0 unspecified atom stereocenters. The maximum Gasteiger partial charge on any atom is 0.338 e. The first-order valence-electron chi connectivity index (χ1n) is 24.4. The van der Waals surface area contributed by atoms with Gasteiger partial charge in [-0.05, 0) is 88.5 Å². The highest BCUT2D eigenvalue weighted by Gasteiger charge is 2.11. The van der Waals surface area contributed by atoms with Gasteiger partial charge in [-0.15, -0.1) is 0 Å². The zero-order chi connectivity index (χ0) is 40.3. The van der Waals surface area contributed by atoms with E-state index < -0.39 is 0 Å². The van der Waals surface area contributed by atoms with Crippen molar-refractivity contribution in [3.63, 3.8) is 0 Å². The molecule has 0 aromatic heterocycles. The average molecular weight is 779 g/mol. The van der Waals surface area contributed by atoms with Gasteiger partial charge in [0.05, 0.1) is 24.3 Å². The van der Waals surface area contributed by atoms with Gasteiger partial charge >= 0.3 is 11.9 Å². The van der Waals surface area contributed by atoms with Crippen molar-refractivity contribution in [3.05, 3.63) is 59.7 Å². The Balaban J connectivity index is 1.88. The van der Waals surface area contributed by atoms with Gasteiger partial charge in [-0.1, -0.05) is 205 Å². The Hall–Kier alpha value is -2.36. The Morgan fingerprint density at radius 3 is 0.804 bits per heavy atom. The summed E-state index contributed by atoms with van der Waals surface area (Å²) in [5.41, 5.74) is 0.967. The third-order valence-electron chi connectivity index (χ3n) is 11.1. The van der Waals surface area contributed by atoms with Crippen LogP contribution in [0.4, 0.5) is 0 Å². The maximum atomic E-state index is 12.5. The van der Waals surface area contributed by atoms with Gasteiger partial charge < -0.3 is 9.47 Å².